The van der Waals surface area contributed by atoms with Crippen LogP contribution in [-0.4, -0.2) is 28.5 Å². The van der Waals surface area contributed by atoms with Crippen LogP contribution in [0.2, 0.25) is 0 Å². The normalized spacial score (nSPS) is 13.3. The van der Waals surface area contributed by atoms with Crippen LogP contribution in [0.5, 0.6) is 0 Å². The van der Waals surface area contributed by atoms with Gasteiger partial charge in [0.25, 0.3) is 10.1 Å². The van der Waals surface area contributed by atoms with Gasteiger partial charge in [0.15, 0.2) is 5.94 Å². The third-order valence-electron chi connectivity index (χ3n) is 0.726. The summed E-state index contributed by atoms with van der Waals surface area (Å²) in [7, 11) is -8.45. The molecular weight excluding hydrogens is 196 g/mol. The van der Waals surface area contributed by atoms with E-state index in [2.05, 4.69) is 4.18 Å². The first-order valence-corrected chi connectivity index (χ1v) is 5.73. The van der Waals surface area contributed by atoms with Crippen LogP contribution in [0.25, 0.3) is 0 Å². The summed E-state index contributed by atoms with van der Waals surface area (Å²) in [6, 6.07) is 0. The molecular formula is C3H7O6S2. The Bertz CT molecular complexity index is 297. The zero-order chi connectivity index (χ0) is 9.12. The molecule has 1 radical (unpaired) electrons. The van der Waals surface area contributed by atoms with Crippen molar-refractivity contribution in [2.75, 3.05) is 11.7 Å². The van der Waals surface area contributed by atoms with Crippen molar-refractivity contribution in [1.29, 1.82) is 0 Å². The Hall–Kier alpha value is -0.180. The lowest BCUT2D eigenvalue weighted by atomic mass is 11.0. The summed E-state index contributed by atoms with van der Waals surface area (Å²) in [6.07, 6.45) is 0. The zero-order valence-electron chi connectivity index (χ0n) is 5.68. The minimum absolute atomic E-state index is 0.359. The van der Waals surface area contributed by atoms with E-state index in [1.807, 2.05) is 0 Å². The van der Waals surface area contributed by atoms with Crippen molar-refractivity contribution in [2.24, 2.45) is 0 Å². The van der Waals surface area contributed by atoms with Gasteiger partial charge in [0.2, 0.25) is 0 Å². The van der Waals surface area contributed by atoms with Gasteiger partial charge in [-0.2, -0.15) is 16.8 Å². The maximum atomic E-state index is 10.4. The maximum absolute atomic E-state index is 10.4. The van der Waals surface area contributed by atoms with Gasteiger partial charge in [-0.15, -0.1) is 0 Å². The first kappa shape index (κ1) is 10.8. The summed E-state index contributed by atoms with van der Waals surface area (Å²) < 4.78 is 54.2. The van der Waals surface area contributed by atoms with Gasteiger partial charge < -0.3 is 0 Å². The number of hydrogen-bond donors (Lipinski definition) is 0. The molecule has 0 N–H and O–H groups in total. The van der Waals surface area contributed by atoms with E-state index in [0.29, 0.717) is 0 Å². The molecule has 11 heavy (non-hydrogen) atoms. The molecule has 0 aromatic heterocycles. The van der Waals surface area contributed by atoms with Crippen molar-refractivity contribution in [3.63, 3.8) is 0 Å². The van der Waals surface area contributed by atoms with E-state index < -0.39 is 26.2 Å². The van der Waals surface area contributed by atoms with Crippen molar-refractivity contribution in [3.8, 4) is 0 Å². The highest BCUT2D eigenvalue weighted by molar-refractivity contribution is 7.89. The molecule has 0 bridgehead atoms. The molecule has 0 amide bonds. The fourth-order valence-corrected chi connectivity index (χ4v) is 1.44. The third kappa shape index (κ3) is 6.23. The Labute approximate surface area is 65.0 Å². The molecule has 0 saturated carbocycles. The van der Waals surface area contributed by atoms with Gasteiger partial charge >= 0.3 is 10.1 Å². The van der Waals surface area contributed by atoms with E-state index >= 15 is 0 Å². The molecule has 0 aliphatic heterocycles. The SMILES string of the molecule is CCS(=O)(=O)OCS([O])(=O)=O. The molecule has 0 rings (SSSR count). The summed E-state index contributed by atoms with van der Waals surface area (Å²) in [5.41, 5.74) is 0. The molecule has 0 aliphatic rings. The Morgan fingerprint density at radius 3 is 1.91 bits per heavy atom. The third-order valence-corrected chi connectivity index (χ3v) is 2.47. The first-order valence-electron chi connectivity index (χ1n) is 2.57. The molecule has 0 aromatic carbocycles. The molecule has 67 valence electrons. The van der Waals surface area contributed by atoms with Crippen LogP contribution in [-0.2, 0) is 29.0 Å². The van der Waals surface area contributed by atoms with Gasteiger partial charge in [0, 0.05) is 0 Å². The zero-order valence-corrected chi connectivity index (χ0v) is 7.31. The molecule has 0 fully saturated rings. The Kier molecular flexibility index (Phi) is 3.42. The lowest BCUT2D eigenvalue weighted by Gasteiger charge is -1.97. The van der Waals surface area contributed by atoms with Crippen LogP contribution in [0.1, 0.15) is 6.92 Å². The fraction of sp³-hybridized carbons (Fsp3) is 1.00. The van der Waals surface area contributed by atoms with E-state index in [4.69, 9.17) is 0 Å². The summed E-state index contributed by atoms with van der Waals surface area (Å²) >= 11 is 0. The summed E-state index contributed by atoms with van der Waals surface area (Å²) in [6.45, 7) is 1.27. The average Bonchev–Trinajstić information content (AvgIpc) is 1.83. The summed E-state index contributed by atoms with van der Waals surface area (Å²) in [5, 5.41) is 0. The molecule has 6 nitrogen and oxygen atoms in total. The molecule has 0 spiro atoms. The average molecular weight is 203 g/mol. The molecule has 0 heterocycles. The molecule has 0 aliphatic carbocycles. The van der Waals surface area contributed by atoms with E-state index in [1.54, 1.807) is 0 Å². The van der Waals surface area contributed by atoms with Gasteiger partial charge in [-0.1, -0.05) is 4.55 Å². The summed E-state index contributed by atoms with van der Waals surface area (Å²) in [5.74, 6) is -1.69. The summed E-state index contributed by atoms with van der Waals surface area (Å²) in [4.78, 5) is 0. The van der Waals surface area contributed by atoms with Crippen LogP contribution >= 0.6 is 0 Å². The highest BCUT2D eigenvalue weighted by atomic mass is 32.2. The van der Waals surface area contributed by atoms with Crippen molar-refractivity contribution in [3.05, 3.63) is 0 Å². The van der Waals surface area contributed by atoms with Crippen molar-refractivity contribution >= 4 is 20.2 Å². The van der Waals surface area contributed by atoms with Crippen molar-refractivity contribution < 1.29 is 25.6 Å². The van der Waals surface area contributed by atoms with Crippen LogP contribution < -0.4 is 0 Å². The second kappa shape index (κ2) is 3.48. The van der Waals surface area contributed by atoms with Crippen LogP contribution in [0.15, 0.2) is 0 Å². The van der Waals surface area contributed by atoms with Gasteiger partial charge in [-0.25, -0.2) is 0 Å². The monoisotopic (exact) mass is 203 g/mol. The Balaban J connectivity index is 4.13. The molecule has 8 heteroatoms. The van der Waals surface area contributed by atoms with Gasteiger partial charge in [0.1, 0.15) is 0 Å². The highest BCUT2D eigenvalue weighted by Gasteiger charge is 2.14. The molecule has 0 atom stereocenters. The predicted octanol–water partition coefficient (Wildman–Crippen LogP) is -0.929. The van der Waals surface area contributed by atoms with E-state index in [-0.39, 0.29) is 5.75 Å². The lowest BCUT2D eigenvalue weighted by Crippen LogP contribution is -2.14. The topological polar surface area (TPSA) is 97.4 Å². The van der Waals surface area contributed by atoms with Gasteiger partial charge in [-0.05, 0) is 6.92 Å². The van der Waals surface area contributed by atoms with Gasteiger partial charge in [-0.3, -0.25) is 4.18 Å². The maximum Gasteiger partial charge on any atom is 0.320 e. The number of rotatable bonds is 4. The van der Waals surface area contributed by atoms with Crippen LogP contribution in [0.3, 0.4) is 0 Å². The second-order valence-electron chi connectivity index (χ2n) is 1.64. The lowest BCUT2D eigenvalue weighted by molar-refractivity contribution is 0.331. The minimum atomic E-state index is -4.62. The highest BCUT2D eigenvalue weighted by Crippen LogP contribution is 1.95. The quantitative estimate of drug-likeness (QED) is 0.550. The first-order chi connectivity index (χ1) is 4.77. The largest absolute Gasteiger partial charge is 0.320 e. The predicted molar refractivity (Wildman–Crippen MR) is 35.0 cm³/mol. The Morgan fingerprint density at radius 1 is 1.18 bits per heavy atom. The van der Waals surface area contributed by atoms with Crippen LogP contribution in [0, 0.1) is 0 Å². The minimum Gasteiger partial charge on any atom is -0.251 e. The molecule has 0 saturated heterocycles. The van der Waals surface area contributed by atoms with E-state index in [9.17, 15) is 21.4 Å². The Morgan fingerprint density at radius 2 is 1.64 bits per heavy atom. The van der Waals surface area contributed by atoms with E-state index in [0.717, 1.165) is 0 Å². The standard InChI is InChI=1S/C3H7O6S2/c1-2-11(7,8)9-3-10(4,5)6/h2-3H2,1H3. The number of hydrogen-bond acceptors (Lipinski definition) is 5. The molecule has 0 unspecified atom stereocenters. The van der Waals surface area contributed by atoms with Crippen molar-refractivity contribution in [2.45, 2.75) is 6.92 Å². The van der Waals surface area contributed by atoms with Gasteiger partial charge in [0.05, 0.1) is 5.75 Å². The smallest absolute Gasteiger partial charge is 0.251 e. The fourth-order valence-electron chi connectivity index (χ4n) is 0.216. The second-order valence-corrected chi connectivity index (χ2v) is 4.92. The molecule has 0 aromatic rings. The van der Waals surface area contributed by atoms with E-state index in [1.165, 1.54) is 6.92 Å². The van der Waals surface area contributed by atoms with Crippen molar-refractivity contribution in [1.82, 2.24) is 0 Å². The van der Waals surface area contributed by atoms with Crippen LogP contribution in [0.4, 0.5) is 0 Å².